The summed E-state index contributed by atoms with van der Waals surface area (Å²) in [6.07, 6.45) is 0. The third kappa shape index (κ3) is 2.48. The van der Waals surface area contributed by atoms with Crippen molar-refractivity contribution in [3.8, 4) is 0 Å². The van der Waals surface area contributed by atoms with E-state index in [2.05, 4.69) is 0 Å². The van der Waals surface area contributed by atoms with Crippen molar-refractivity contribution in [3.63, 3.8) is 0 Å². The number of rotatable bonds is 2. The Bertz CT molecular complexity index is 516. The molecule has 0 saturated carbocycles. The molecule has 1 fully saturated rings. The van der Waals surface area contributed by atoms with Crippen LogP contribution in [0, 0.1) is 10.1 Å². The zero-order valence-electron chi connectivity index (χ0n) is 11.3. The molecule has 0 bridgehead atoms. The van der Waals surface area contributed by atoms with E-state index >= 15 is 0 Å². The number of nitro groups is 1. The number of halogens is 1. The van der Waals surface area contributed by atoms with Gasteiger partial charge in [-0.15, -0.1) is 0 Å². The quantitative estimate of drug-likeness (QED) is 0.475. The van der Waals surface area contributed by atoms with Crippen LogP contribution >= 0.6 is 11.6 Å². The Balaban J connectivity index is 2.33. The molecule has 1 aromatic carbocycles. The summed E-state index contributed by atoms with van der Waals surface area (Å²) in [5.41, 5.74) is -0.387. The highest BCUT2D eigenvalue weighted by molar-refractivity contribution is 6.65. The second kappa shape index (κ2) is 4.47. The van der Waals surface area contributed by atoms with E-state index in [0.717, 1.165) is 0 Å². The Hall–Kier alpha value is -1.11. The largest absolute Gasteiger partial charge is 0.496 e. The third-order valence-corrected chi connectivity index (χ3v) is 4.03. The first-order valence-corrected chi connectivity index (χ1v) is 6.31. The Morgan fingerprint density at radius 2 is 1.74 bits per heavy atom. The third-order valence-electron chi connectivity index (χ3n) is 3.70. The molecule has 0 aromatic heterocycles. The second-order valence-corrected chi connectivity index (χ2v) is 5.96. The Kier molecular flexibility index (Phi) is 3.37. The maximum absolute atomic E-state index is 10.7. The summed E-state index contributed by atoms with van der Waals surface area (Å²) < 4.78 is 11.7. The van der Waals surface area contributed by atoms with Crippen molar-refractivity contribution < 1.29 is 14.2 Å². The molecule has 0 radical (unpaired) electrons. The lowest BCUT2D eigenvalue weighted by molar-refractivity contribution is -0.384. The number of benzene rings is 1. The van der Waals surface area contributed by atoms with E-state index < -0.39 is 23.2 Å². The molecule has 7 heteroatoms. The van der Waals surface area contributed by atoms with Crippen molar-refractivity contribution in [2.45, 2.75) is 38.9 Å². The molecule has 2 rings (SSSR count). The van der Waals surface area contributed by atoms with Gasteiger partial charge in [0.2, 0.25) is 0 Å². The van der Waals surface area contributed by atoms with Gasteiger partial charge < -0.3 is 9.31 Å². The van der Waals surface area contributed by atoms with E-state index in [4.69, 9.17) is 20.9 Å². The Morgan fingerprint density at radius 1 is 1.21 bits per heavy atom. The molecule has 0 spiro atoms. The monoisotopic (exact) mass is 283 g/mol. The predicted molar refractivity (Wildman–Crippen MR) is 73.8 cm³/mol. The fourth-order valence-corrected chi connectivity index (χ4v) is 2.05. The summed E-state index contributed by atoms with van der Waals surface area (Å²) in [5.74, 6) is 0. The standard InChI is InChI=1S/C12H15BClNO4/c1-11(2)12(3,4)19-13(18-11)9-6-5-8(15(16)17)7-10(9)14/h5-7H,1-4H3. The van der Waals surface area contributed by atoms with Crippen molar-refractivity contribution in [3.05, 3.63) is 33.3 Å². The maximum Gasteiger partial charge on any atom is 0.496 e. The summed E-state index contributed by atoms with van der Waals surface area (Å²) in [5, 5.41) is 10.9. The molecule has 1 saturated heterocycles. The molecule has 0 N–H and O–H groups in total. The predicted octanol–water partition coefficient (Wildman–Crippen LogP) is 2.55. The highest BCUT2D eigenvalue weighted by Crippen LogP contribution is 2.37. The molecule has 0 aliphatic carbocycles. The van der Waals surface area contributed by atoms with Gasteiger partial charge in [-0.1, -0.05) is 17.7 Å². The van der Waals surface area contributed by atoms with Crippen molar-refractivity contribution in [2.24, 2.45) is 0 Å². The van der Waals surface area contributed by atoms with Crippen LogP contribution in [0.4, 0.5) is 5.69 Å². The summed E-state index contributed by atoms with van der Waals surface area (Å²) in [4.78, 5) is 10.2. The van der Waals surface area contributed by atoms with Crippen LogP contribution in [0.25, 0.3) is 0 Å². The van der Waals surface area contributed by atoms with E-state index in [1.165, 1.54) is 12.1 Å². The fourth-order valence-electron chi connectivity index (χ4n) is 1.79. The highest BCUT2D eigenvalue weighted by Gasteiger charge is 2.52. The van der Waals surface area contributed by atoms with E-state index in [1.54, 1.807) is 6.07 Å². The normalized spacial score (nSPS) is 20.6. The minimum absolute atomic E-state index is 0.0507. The van der Waals surface area contributed by atoms with Crippen LogP contribution in [-0.4, -0.2) is 23.2 Å². The number of hydrogen-bond acceptors (Lipinski definition) is 4. The van der Waals surface area contributed by atoms with Crippen LogP contribution in [0.15, 0.2) is 18.2 Å². The topological polar surface area (TPSA) is 61.6 Å². The lowest BCUT2D eigenvalue weighted by Crippen LogP contribution is -2.41. The molecule has 0 atom stereocenters. The first-order valence-electron chi connectivity index (χ1n) is 5.93. The minimum Gasteiger partial charge on any atom is -0.399 e. The van der Waals surface area contributed by atoms with E-state index in [0.29, 0.717) is 5.46 Å². The second-order valence-electron chi connectivity index (χ2n) is 5.55. The van der Waals surface area contributed by atoms with Gasteiger partial charge in [0.25, 0.3) is 5.69 Å². The molecule has 102 valence electrons. The SMILES string of the molecule is CC1(C)OB(c2ccc([N+](=O)[O-])cc2Cl)OC1(C)C. The summed E-state index contributed by atoms with van der Waals surface area (Å²) in [6.45, 7) is 7.75. The molecule has 1 aliphatic rings. The lowest BCUT2D eigenvalue weighted by atomic mass is 9.79. The van der Waals surface area contributed by atoms with Crippen molar-refractivity contribution in [2.75, 3.05) is 0 Å². The first-order chi connectivity index (χ1) is 8.64. The van der Waals surface area contributed by atoms with Gasteiger partial charge >= 0.3 is 7.12 Å². The van der Waals surface area contributed by atoms with Crippen LogP contribution in [0.2, 0.25) is 5.02 Å². The van der Waals surface area contributed by atoms with Crippen molar-refractivity contribution in [1.29, 1.82) is 0 Å². The molecule has 1 heterocycles. The highest BCUT2D eigenvalue weighted by atomic mass is 35.5. The van der Waals surface area contributed by atoms with Gasteiger partial charge in [-0.05, 0) is 27.7 Å². The molecular weight excluding hydrogens is 268 g/mol. The molecule has 1 aliphatic heterocycles. The van der Waals surface area contributed by atoms with Crippen molar-refractivity contribution >= 4 is 29.9 Å². The van der Waals surface area contributed by atoms with Crippen LogP contribution in [-0.2, 0) is 9.31 Å². The fraction of sp³-hybridized carbons (Fsp3) is 0.500. The van der Waals surface area contributed by atoms with Crippen LogP contribution in [0.3, 0.4) is 0 Å². The minimum atomic E-state index is -0.613. The van der Waals surface area contributed by atoms with E-state index in [9.17, 15) is 10.1 Å². The number of nitrogens with zero attached hydrogens (tertiary/aromatic N) is 1. The van der Waals surface area contributed by atoms with Gasteiger partial charge in [0, 0.05) is 22.6 Å². The smallest absolute Gasteiger partial charge is 0.399 e. The van der Waals surface area contributed by atoms with E-state index in [-0.39, 0.29) is 10.7 Å². The molecule has 1 aromatic rings. The number of nitro benzene ring substituents is 1. The Morgan fingerprint density at radius 3 is 2.16 bits per heavy atom. The zero-order chi connectivity index (χ0) is 14.4. The maximum atomic E-state index is 10.7. The summed E-state index contributed by atoms with van der Waals surface area (Å²) in [6, 6.07) is 4.27. The van der Waals surface area contributed by atoms with Gasteiger partial charge in [0.05, 0.1) is 16.1 Å². The molecular formula is C12H15BClNO4. The average molecular weight is 284 g/mol. The Labute approximate surface area is 117 Å². The first kappa shape index (κ1) is 14.3. The van der Waals surface area contributed by atoms with E-state index in [1.807, 2.05) is 27.7 Å². The summed E-state index contributed by atoms with van der Waals surface area (Å²) in [7, 11) is -0.613. The van der Waals surface area contributed by atoms with Gasteiger partial charge in [-0.25, -0.2) is 0 Å². The van der Waals surface area contributed by atoms with Gasteiger partial charge in [-0.3, -0.25) is 10.1 Å². The molecule has 0 unspecified atom stereocenters. The lowest BCUT2D eigenvalue weighted by Gasteiger charge is -2.32. The average Bonchev–Trinajstić information content (AvgIpc) is 2.47. The van der Waals surface area contributed by atoms with Gasteiger partial charge in [-0.2, -0.15) is 0 Å². The van der Waals surface area contributed by atoms with Gasteiger partial charge in [0.15, 0.2) is 0 Å². The van der Waals surface area contributed by atoms with Crippen LogP contribution < -0.4 is 5.46 Å². The summed E-state index contributed by atoms with van der Waals surface area (Å²) >= 11 is 6.08. The molecule has 0 amide bonds. The zero-order valence-corrected chi connectivity index (χ0v) is 12.0. The van der Waals surface area contributed by atoms with Crippen LogP contribution in [0.5, 0.6) is 0 Å². The van der Waals surface area contributed by atoms with Crippen LogP contribution in [0.1, 0.15) is 27.7 Å². The molecule has 19 heavy (non-hydrogen) atoms. The molecule has 5 nitrogen and oxygen atoms in total. The van der Waals surface area contributed by atoms with Gasteiger partial charge in [0.1, 0.15) is 0 Å². The van der Waals surface area contributed by atoms with Crippen molar-refractivity contribution in [1.82, 2.24) is 0 Å². The number of hydrogen-bond donors (Lipinski definition) is 0. The number of non-ortho nitro benzene ring substituents is 1.